The second-order valence-corrected chi connectivity index (χ2v) is 8.28. The van der Waals surface area contributed by atoms with Crippen LogP contribution in [-0.2, 0) is 10.0 Å². The van der Waals surface area contributed by atoms with E-state index in [-0.39, 0.29) is 21.2 Å². The van der Waals surface area contributed by atoms with Crippen molar-refractivity contribution in [2.24, 2.45) is 0 Å². The van der Waals surface area contributed by atoms with Gasteiger partial charge in [-0.1, -0.05) is 42.5 Å². The average molecular weight is 443 g/mol. The Hall–Kier alpha value is -3.29. The Labute approximate surface area is 180 Å². The first kappa shape index (κ1) is 21.4. The third kappa shape index (κ3) is 5.40. The molecule has 0 aliphatic heterocycles. The van der Waals surface area contributed by atoms with E-state index in [4.69, 9.17) is 16.3 Å². The minimum Gasteiger partial charge on any atom is -0.490 e. The Balaban J connectivity index is 1.70. The highest BCUT2D eigenvalue weighted by Gasteiger charge is 2.16. The predicted octanol–water partition coefficient (Wildman–Crippen LogP) is 4.96. The van der Waals surface area contributed by atoms with Crippen LogP contribution in [0.15, 0.2) is 90.3 Å². The number of hydrogen-bond acceptors (Lipinski definition) is 4. The Morgan fingerprint density at radius 3 is 2.30 bits per heavy atom. The Kier molecular flexibility index (Phi) is 6.76. The third-order valence-corrected chi connectivity index (χ3v) is 5.71. The van der Waals surface area contributed by atoms with Crippen LogP contribution in [0.5, 0.6) is 5.75 Å². The molecule has 0 saturated heterocycles. The van der Waals surface area contributed by atoms with Gasteiger partial charge >= 0.3 is 0 Å². The van der Waals surface area contributed by atoms with Gasteiger partial charge in [0, 0.05) is 5.69 Å². The van der Waals surface area contributed by atoms with Crippen LogP contribution in [0.3, 0.4) is 0 Å². The number of hydrogen-bond donors (Lipinski definition) is 2. The van der Waals surface area contributed by atoms with Crippen molar-refractivity contribution in [1.29, 1.82) is 0 Å². The molecule has 3 aromatic carbocycles. The van der Waals surface area contributed by atoms with Gasteiger partial charge in [0.2, 0.25) is 0 Å². The third-order valence-electron chi connectivity index (χ3n) is 4.00. The van der Waals surface area contributed by atoms with Crippen LogP contribution in [0.4, 0.5) is 11.4 Å². The van der Waals surface area contributed by atoms with Gasteiger partial charge in [-0.05, 0) is 54.6 Å². The maximum absolute atomic E-state index is 12.5. The van der Waals surface area contributed by atoms with Crippen molar-refractivity contribution in [1.82, 2.24) is 0 Å². The molecule has 0 atom stereocenters. The summed E-state index contributed by atoms with van der Waals surface area (Å²) in [6, 6.07) is 19.1. The Morgan fingerprint density at radius 2 is 1.67 bits per heavy atom. The number of anilines is 2. The zero-order valence-corrected chi connectivity index (χ0v) is 17.4. The average Bonchev–Trinajstić information content (AvgIpc) is 2.73. The van der Waals surface area contributed by atoms with Crippen molar-refractivity contribution in [2.45, 2.75) is 4.90 Å². The molecule has 6 nitrogen and oxygen atoms in total. The molecule has 0 heterocycles. The monoisotopic (exact) mass is 442 g/mol. The SMILES string of the molecule is C=CCOc1ccc(NC(=O)c2ccc(NS(=O)(=O)c3ccccc3)cc2Cl)cc1. The minimum absolute atomic E-state index is 0.117. The van der Waals surface area contributed by atoms with Gasteiger partial charge in [0.1, 0.15) is 12.4 Å². The fourth-order valence-corrected chi connectivity index (χ4v) is 3.90. The van der Waals surface area contributed by atoms with E-state index in [0.717, 1.165) is 0 Å². The molecule has 0 aromatic heterocycles. The summed E-state index contributed by atoms with van der Waals surface area (Å²) >= 11 is 6.22. The summed E-state index contributed by atoms with van der Waals surface area (Å²) in [5.74, 6) is 0.234. The van der Waals surface area contributed by atoms with Crippen LogP contribution in [0.1, 0.15) is 10.4 Å². The molecule has 3 aromatic rings. The zero-order valence-electron chi connectivity index (χ0n) is 15.8. The Morgan fingerprint density at radius 1 is 1.00 bits per heavy atom. The number of rotatable bonds is 8. The van der Waals surface area contributed by atoms with Gasteiger partial charge < -0.3 is 10.1 Å². The summed E-state index contributed by atoms with van der Waals surface area (Å²) in [7, 11) is -3.75. The number of halogens is 1. The molecule has 30 heavy (non-hydrogen) atoms. The molecule has 0 radical (unpaired) electrons. The van der Waals surface area contributed by atoms with E-state index in [1.807, 2.05) is 0 Å². The highest BCUT2D eigenvalue weighted by molar-refractivity contribution is 7.92. The standard InChI is InChI=1S/C22H19ClN2O4S/c1-2-14-29-18-11-8-16(9-12-18)24-22(26)20-13-10-17(15-21(20)23)25-30(27,28)19-6-4-3-5-7-19/h2-13,15,25H,1,14H2,(H,24,26). The lowest BCUT2D eigenvalue weighted by molar-refractivity contribution is 0.102. The molecule has 0 aliphatic rings. The summed E-state index contributed by atoms with van der Waals surface area (Å²) in [5, 5.41) is 2.86. The molecule has 0 unspecified atom stereocenters. The van der Waals surface area contributed by atoms with Crippen molar-refractivity contribution in [3.05, 3.63) is 96.0 Å². The van der Waals surface area contributed by atoms with Crippen molar-refractivity contribution >= 4 is 38.9 Å². The predicted molar refractivity (Wildman–Crippen MR) is 119 cm³/mol. The maximum atomic E-state index is 12.5. The molecular weight excluding hydrogens is 424 g/mol. The van der Waals surface area contributed by atoms with Crippen molar-refractivity contribution in [2.75, 3.05) is 16.6 Å². The molecule has 0 aliphatic carbocycles. The largest absolute Gasteiger partial charge is 0.490 e. The fourth-order valence-electron chi connectivity index (χ4n) is 2.56. The van der Waals surface area contributed by atoms with Gasteiger partial charge in [0.25, 0.3) is 15.9 Å². The van der Waals surface area contributed by atoms with Crippen LogP contribution in [0.2, 0.25) is 5.02 Å². The molecule has 1 amide bonds. The van der Waals surface area contributed by atoms with Gasteiger partial charge in [0.15, 0.2) is 0 Å². The Bertz CT molecular complexity index is 1150. The molecule has 0 fully saturated rings. The quantitative estimate of drug-likeness (QED) is 0.483. The first-order valence-corrected chi connectivity index (χ1v) is 10.8. The first-order chi connectivity index (χ1) is 14.4. The van der Waals surface area contributed by atoms with E-state index in [0.29, 0.717) is 18.0 Å². The second kappa shape index (κ2) is 9.47. The molecule has 154 valence electrons. The van der Waals surface area contributed by atoms with E-state index >= 15 is 0 Å². The number of sulfonamides is 1. The van der Waals surface area contributed by atoms with E-state index in [2.05, 4.69) is 16.6 Å². The molecule has 3 rings (SSSR count). The lowest BCUT2D eigenvalue weighted by Crippen LogP contribution is -2.14. The number of benzene rings is 3. The number of amides is 1. The lowest BCUT2D eigenvalue weighted by atomic mass is 10.2. The highest BCUT2D eigenvalue weighted by atomic mass is 35.5. The van der Waals surface area contributed by atoms with Gasteiger partial charge in [-0.3, -0.25) is 9.52 Å². The molecule has 0 bridgehead atoms. The van der Waals surface area contributed by atoms with E-state index in [9.17, 15) is 13.2 Å². The van der Waals surface area contributed by atoms with Crippen LogP contribution >= 0.6 is 11.6 Å². The smallest absolute Gasteiger partial charge is 0.261 e. The normalized spacial score (nSPS) is 10.8. The summed E-state index contributed by atoms with van der Waals surface area (Å²) in [4.78, 5) is 12.7. The van der Waals surface area contributed by atoms with Crippen LogP contribution in [0, 0.1) is 0 Å². The molecular formula is C22H19ClN2O4S. The summed E-state index contributed by atoms with van der Waals surface area (Å²) in [6.07, 6.45) is 1.64. The molecule has 0 spiro atoms. The highest BCUT2D eigenvalue weighted by Crippen LogP contribution is 2.25. The number of ether oxygens (including phenoxy) is 1. The van der Waals surface area contributed by atoms with Gasteiger partial charge in [-0.25, -0.2) is 8.42 Å². The van der Waals surface area contributed by atoms with E-state index < -0.39 is 15.9 Å². The molecule has 2 N–H and O–H groups in total. The second-order valence-electron chi connectivity index (χ2n) is 6.19. The summed E-state index contributed by atoms with van der Waals surface area (Å²) in [5.41, 5.74) is 1.03. The van der Waals surface area contributed by atoms with Gasteiger partial charge in [0.05, 0.1) is 21.2 Å². The van der Waals surface area contributed by atoms with Gasteiger partial charge in [-0.15, -0.1) is 0 Å². The van der Waals surface area contributed by atoms with Crippen LogP contribution < -0.4 is 14.8 Å². The maximum Gasteiger partial charge on any atom is 0.261 e. The van der Waals surface area contributed by atoms with Gasteiger partial charge in [-0.2, -0.15) is 0 Å². The minimum atomic E-state index is -3.75. The van der Waals surface area contributed by atoms with E-state index in [1.54, 1.807) is 48.5 Å². The summed E-state index contributed by atoms with van der Waals surface area (Å²) < 4.78 is 32.7. The molecule has 8 heteroatoms. The first-order valence-electron chi connectivity index (χ1n) is 8.91. The van der Waals surface area contributed by atoms with Crippen molar-refractivity contribution in [3.8, 4) is 5.75 Å². The fraction of sp³-hybridized carbons (Fsp3) is 0.0455. The number of carbonyl (C=O) groups is 1. The lowest BCUT2D eigenvalue weighted by Gasteiger charge is -2.11. The number of carbonyl (C=O) groups excluding carboxylic acids is 1. The topological polar surface area (TPSA) is 84.5 Å². The number of nitrogens with one attached hydrogen (secondary N) is 2. The molecule has 0 saturated carbocycles. The van der Waals surface area contributed by atoms with E-state index in [1.165, 1.54) is 30.3 Å². The van der Waals surface area contributed by atoms with Crippen LogP contribution in [0.25, 0.3) is 0 Å². The summed E-state index contributed by atoms with van der Waals surface area (Å²) in [6.45, 7) is 3.97. The van der Waals surface area contributed by atoms with Crippen molar-refractivity contribution < 1.29 is 17.9 Å². The zero-order chi connectivity index (χ0) is 21.6. The van der Waals surface area contributed by atoms with Crippen LogP contribution in [-0.4, -0.2) is 20.9 Å². The van der Waals surface area contributed by atoms with Crippen molar-refractivity contribution in [3.63, 3.8) is 0 Å².